The summed E-state index contributed by atoms with van der Waals surface area (Å²) in [5.74, 6) is 0.786. The Morgan fingerprint density at radius 2 is 1.83 bits per heavy atom. The van der Waals surface area contributed by atoms with Crippen LogP contribution in [0.1, 0.15) is 27.2 Å². The molecule has 0 fully saturated rings. The quantitative estimate of drug-likeness (QED) is 0.647. The summed E-state index contributed by atoms with van der Waals surface area (Å²) in [6.07, 6.45) is 0.944. The summed E-state index contributed by atoms with van der Waals surface area (Å²) >= 11 is 0. The zero-order valence-corrected chi connectivity index (χ0v) is 8.72. The van der Waals surface area contributed by atoms with Gasteiger partial charge >= 0.3 is 0 Å². The molecule has 0 aliphatic carbocycles. The lowest BCUT2D eigenvalue weighted by Gasteiger charge is -2.17. The van der Waals surface area contributed by atoms with Crippen LogP contribution in [-0.2, 0) is 4.79 Å². The van der Waals surface area contributed by atoms with Crippen molar-refractivity contribution in [1.82, 2.24) is 10.4 Å². The molecule has 72 valence electrons. The maximum atomic E-state index is 11.3. The number of rotatable bonds is 4. The van der Waals surface area contributed by atoms with E-state index in [-0.39, 0.29) is 11.8 Å². The molecular formula is C9H20N2O. The molecule has 0 saturated carbocycles. The van der Waals surface area contributed by atoms with E-state index in [1.54, 1.807) is 5.01 Å². The minimum Gasteiger partial charge on any atom is -0.289 e. The Kier molecular flexibility index (Phi) is 4.90. The lowest BCUT2D eigenvalue weighted by molar-refractivity contribution is -0.128. The second kappa shape index (κ2) is 5.14. The predicted molar refractivity (Wildman–Crippen MR) is 50.4 cm³/mol. The summed E-state index contributed by atoms with van der Waals surface area (Å²) in [5.41, 5.74) is 2.74. The van der Waals surface area contributed by atoms with Crippen molar-refractivity contribution in [1.29, 1.82) is 0 Å². The molecule has 0 aromatic rings. The molecule has 1 atom stereocenters. The van der Waals surface area contributed by atoms with E-state index < -0.39 is 0 Å². The maximum absolute atomic E-state index is 11.3. The van der Waals surface area contributed by atoms with E-state index in [2.05, 4.69) is 19.3 Å². The van der Waals surface area contributed by atoms with E-state index >= 15 is 0 Å². The Hall–Kier alpha value is -0.570. The molecular weight excluding hydrogens is 152 g/mol. The molecule has 0 aromatic heterocycles. The van der Waals surface area contributed by atoms with Gasteiger partial charge in [0.05, 0.1) is 0 Å². The van der Waals surface area contributed by atoms with Gasteiger partial charge < -0.3 is 0 Å². The van der Waals surface area contributed by atoms with Gasteiger partial charge in [-0.05, 0) is 12.3 Å². The van der Waals surface area contributed by atoms with Crippen molar-refractivity contribution in [3.8, 4) is 0 Å². The van der Waals surface area contributed by atoms with Crippen molar-refractivity contribution in [3.63, 3.8) is 0 Å². The lowest BCUT2D eigenvalue weighted by Crippen LogP contribution is -2.39. The summed E-state index contributed by atoms with van der Waals surface area (Å²) in [7, 11) is 3.64. The molecule has 0 aliphatic rings. The van der Waals surface area contributed by atoms with E-state index in [4.69, 9.17) is 0 Å². The fourth-order valence-corrected chi connectivity index (χ4v) is 1.14. The van der Waals surface area contributed by atoms with Crippen LogP contribution in [0.15, 0.2) is 0 Å². The van der Waals surface area contributed by atoms with Crippen LogP contribution in [-0.4, -0.2) is 25.0 Å². The number of hydrazine groups is 1. The third-order valence-electron chi connectivity index (χ3n) is 1.61. The molecule has 0 saturated heterocycles. The van der Waals surface area contributed by atoms with Gasteiger partial charge in [-0.2, -0.15) is 0 Å². The molecule has 0 radical (unpaired) electrons. The van der Waals surface area contributed by atoms with Gasteiger partial charge in [-0.3, -0.25) is 10.2 Å². The third kappa shape index (κ3) is 5.13. The van der Waals surface area contributed by atoms with Crippen LogP contribution in [0.5, 0.6) is 0 Å². The highest BCUT2D eigenvalue weighted by Gasteiger charge is 2.14. The van der Waals surface area contributed by atoms with Crippen molar-refractivity contribution < 1.29 is 4.79 Å². The van der Waals surface area contributed by atoms with E-state index in [0.29, 0.717) is 5.92 Å². The first kappa shape index (κ1) is 11.4. The highest BCUT2D eigenvalue weighted by Crippen LogP contribution is 2.10. The largest absolute Gasteiger partial charge is 0.289 e. The van der Waals surface area contributed by atoms with Crippen LogP contribution < -0.4 is 5.43 Å². The first-order chi connectivity index (χ1) is 5.43. The van der Waals surface area contributed by atoms with Gasteiger partial charge in [0.15, 0.2) is 0 Å². The molecule has 0 rings (SSSR count). The average Bonchev–Trinajstić information content (AvgIpc) is 1.84. The fourth-order valence-electron chi connectivity index (χ4n) is 1.14. The lowest BCUT2D eigenvalue weighted by atomic mass is 9.98. The SMILES string of the molecule is CC(C)CC(C)C(=O)NN(C)C. The Balaban J connectivity index is 3.77. The second-order valence-electron chi connectivity index (χ2n) is 3.90. The Labute approximate surface area is 75.1 Å². The number of carbonyl (C=O) groups excluding carboxylic acids is 1. The molecule has 0 spiro atoms. The number of hydrogen-bond acceptors (Lipinski definition) is 2. The Bertz CT molecular complexity index is 143. The molecule has 0 heterocycles. The van der Waals surface area contributed by atoms with Gasteiger partial charge in [0.1, 0.15) is 0 Å². The molecule has 1 N–H and O–H groups in total. The van der Waals surface area contributed by atoms with E-state index in [9.17, 15) is 4.79 Å². The molecule has 0 aromatic carbocycles. The van der Waals surface area contributed by atoms with Crippen molar-refractivity contribution in [2.45, 2.75) is 27.2 Å². The molecule has 0 aliphatic heterocycles. The molecule has 3 nitrogen and oxygen atoms in total. The van der Waals surface area contributed by atoms with Crippen LogP contribution in [0.2, 0.25) is 0 Å². The molecule has 1 amide bonds. The number of nitrogens with zero attached hydrogens (tertiary/aromatic N) is 1. The third-order valence-corrected chi connectivity index (χ3v) is 1.61. The molecule has 0 bridgehead atoms. The van der Waals surface area contributed by atoms with Crippen LogP contribution in [0.25, 0.3) is 0 Å². The smallest absolute Gasteiger partial charge is 0.237 e. The number of hydrogen-bond donors (Lipinski definition) is 1. The van der Waals surface area contributed by atoms with Crippen molar-refractivity contribution in [3.05, 3.63) is 0 Å². The maximum Gasteiger partial charge on any atom is 0.237 e. The topological polar surface area (TPSA) is 32.3 Å². The highest BCUT2D eigenvalue weighted by molar-refractivity contribution is 5.77. The first-order valence-electron chi connectivity index (χ1n) is 4.41. The van der Waals surface area contributed by atoms with Gasteiger partial charge in [-0.25, -0.2) is 5.01 Å². The van der Waals surface area contributed by atoms with Crippen LogP contribution >= 0.6 is 0 Å². The minimum atomic E-state index is 0.104. The summed E-state index contributed by atoms with van der Waals surface area (Å²) in [6, 6.07) is 0. The van der Waals surface area contributed by atoms with Gasteiger partial charge in [-0.15, -0.1) is 0 Å². The van der Waals surface area contributed by atoms with Gasteiger partial charge in [-0.1, -0.05) is 20.8 Å². The predicted octanol–water partition coefficient (Wildman–Crippen LogP) is 1.26. The van der Waals surface area contributed by atoms with Crippen molar-refractivity contribution in [2.24, 2.45) is 11.8 Å². The average molecular weight is 172 g/mol. The fraction of sp³-hybridized carbons (Fsp3) is 0.889. The van der Waals surface area contributed by atoms with Gasteiger partial charge in [0, 0.05) is 20.0 Å². The number of nitrogens with one attached hydrogen (secondary N) is 1. The molecule has 3 heteroatoms. The minimum absolute atomic E-state index is 0.104. The standard InChI is InChI=1S/C9H20N2O/c1-7(2)6-8(3)9(12)10-11(4)5/h7-8H,6H2,1-5H3,(H,10,12). The van der Waals surface area contributed by atoms with E-state index in [1.807, 2.05) is 21.0 Å². The summed E-state index contributed by atoms with van der Waals surface area (Å²) in [4.78, 5) is 11.3. The van der Waals surface area contributed by atoms with E-state index in [1.165, 1.54) is 0 Å². The number of carbonyl (C=O) groups is 1. The Morgan fingerprint density at radius 1 is 1.33 bits per heavy atom. The van der Waals surface area contributed by atoms with Crippen molar-refractivity contribution >= 4 is 5.91 Å². The zero-order valence-electron chi connectivity index (χ0n) is 8.72. The Morgan fingerprint density at radius 3 is 2.17 bits per heavy atom. The first-order valence-corrected chi connectivity index (χ1v) is 4.41. The molecule has 1 unspecified atom stereocenters. The van der Waals surface area contributed by atoms with Crippen LogP contribution in [0.3, 0.4) is 0 Å². The normalized spacial score (nSPS) is 13.6. The highest BCUT2D eigenvalue weighted by atomic mass is 16.2. The van der Waals surface area contributed by atoms with Gasteiger partial charge in [0.2, 0.25) is 5.91 Å². The van der Waals surface area contributed by atoms with Crippen LogP contribution in [0, 0.1) is 11.8 Å². The van der Waals surface area contributed by atoms with Crippen LogP contribution in [0.4, 0.5) is 0 Å². The second-order valence-corrected chi connectivity index (χ2v) is 3.90. The molecule has 12 heavy (non-hydrogen) atoms. The van der Waals surface area contributed by atoms with E-state index in [0.717, 1.165) is 6.42 Å². The van der Waals surface area contributed by atoms with Gasteiger partial charge in [0.25, 0.3) is 0 Å². The number of amides is 1. The summed E-state index contributed by atoms with van der Waals surface area (Å²) in [6.45, 7) is 6.21. The summed E-state index contributed by atoms with van der Waals surface area (Å²) in [5, 5.41) is 1.68. The summed E-state index contributed by atoms with van der Waals surface area (Å²) < 4.78 is 0. The monoisotopic (exact) mass is 172 g/mol. The zero-order chi connectivity index (χ0) is 9.72. The van der Waals surface area contributed by atoms with Crippen molar-refractivity contribution in [2.75, 3.05) is 14.1 Å².